The molecule has 1 aromatic heterocycles. The summed E-state index contributed by atoms with van der Waals surface area (Å²) in [6.45, 7) is 0. The number of furan rings is 1. The summed E-state index contributed by atoms with van der Waals surface area (Å²) in [7, 11) is 0. The van der Waals surface area contributed by atoms with Gasteiger partial charge in [0.05, 0.1) is 11.6 Å². The zero-order valence-corrected chi connectivity index (χ0v) is 8.18. The van der Waals surface area contributed by atoms with Crippen LogP contribution in [0.25, 0.3) is 11.3 Å². The Morgan fingerprint density at radius 1 is 1.31 bits per heavy atom. The normalized spacial score (nSPS) is 9.69. The molecule has 0 saturated carbocycles. The third-order valence-electron chi connectivity index (χ3n) is 2.07. The van der Waals surface area contributed by atoms with Gasteiger partial charge in [0.2, 0.25) is 0 Å². The molecule has 78 valence electrons. The Hall–Kier alpha value is -2.54. The molecule has 0 aliphatic rings. The SMILES string of the molecule is N#Cc1cc(O)cc(-c2ccc(C=O)o2)c1. The molecule has 0 aliphatic carbocycles. The van der Waals surface area contributed by atoms with Gasteiger partial charge in [-0.15, -0.1) is 0 Å². The van der Waals surface area contributed by atoms with Gasteiger partial charge in [0.1, 0.15) is 11.5 Å². The van der Waals surface area contributed by atoms with Crippen molar-refractivity contribution < 1.29 is 14.3 Å². The number of phenols is 1. The van der Waals surface area contributed by atoms with Crippen LogP contribution in [-0.4, -0.2) is 11.4 Å². The molecule has 4 nitrogen and oxygen atoms in total. The average molecular weight is 213 g/mol. The van der Waals surface area contributed by atoms with Gasteiger partial charge in [0, 0.05) is 5.56 Å². The van der Waals surface area contributed by atoms with Crippen LogP contribution in [0.3, 0.4) is 0 Å². The molecule has 0 radical (unpaired) electrons. The van der Waals surface area contributed by atoms with Gasteiger partial charge in [-0.05, 0) is 30.3 Å². The number of benzene rings is 1. The highest BCUT2D eigenvalue weighted by Gasteiger charge is 2.06. The van der Waals surface area contributed by atoms with Gasteiger partial charge < -0.3 is 9.52 Å². The van der Waals surface area contributed by atoms with E-state index in [9.17, 15) is 9.90 Å². The van der Waals surface area contributed by atoms with Gasteiger partial charge in [-0.3, -0.25) is 4.79 Å². The van der Waals surface area contributed by atoms with E-state index < -0.39 is 0 Å². The smallest absolute Gasteiger partial charge is 0.185 e. The van der Waals surface area contributed by atoms with E-state index in [0.717, 1.165) is 0 Å². The molecule has 0 unspecified atom stereocenters. The molecule has 0 aliphatic heterocycles. The number of hydrogen-bond donors (Lipinski definition) is 1. The monoisotopic (exact) mass is 213 g/mol. The summed E-state index contributed by atoms with van der Waals surface area (Å²) >= 11 is 0. The summed E-state index contributed by atoms with van der Waals surface area (Å²) in [4.78, 5) is 10.4. The van der Waals surface area contributed by atoms with Gasteiger partial charge in [-0.2, -0.15) is 5.26 Å². The standard InChI is InChI=1S/C12H7NO3/c13-6-8-3-9(5-10(15)4-8)12-2-1-11(7-14)16-12/h1-5,7,15H. The number of hydrogen-bond acceptors (Lipinski definition) is 4. The van der Waals surface area contributed by atoms with Crippen molar-refractivity contribution in [2.45, 2.75) is 0 Å². The average Bonchev–Trinajstić information content (AvgIpc) is 2.76. The lowest BCUT2D eigenvalue weighted by atomic mass is 10.1. The molecule has 0 fully saturated rings. The van der Waals surface area contributed by atoms with Gasteiger partial charge in [0.15, 0.2) is 12.0 Å². The summed E-state index contributed by atoms with van der Waals surface area (Å²) in [5.74, 6) is 0.629. The Balaban J connectivity index is 2.51. The first-order valence-electron chi connectivity index (χ1n) is 4.52. The van der Waals surface area contributed by atoms with Gasteiger partial charge in [-0.1, -0.05) is 0 Å². The third kappa shape index (κ3) is 1.79. The lowest BCUT2D eigenvalue weighted by molar-refractivity contribution is 0.110. The van der Waals surface area contributed by atoms with Crippen LogP contribution >= 0.6 is 0 Å². The van der Waals surface area contributed by atoms with Crippen LogP contribution in [0.2, 0.25) is 0 Å². The van der Waals surface area contributed by atoms with Crippen molar-refractivity contribution in [3.63, 3.8) is 0 Å². The molecule has 0 amide bonds. The van der Waals surface area contributed by atoms with Gasteiger partial charge in [0.25, 0.3) is 0 Å². The van der Waals surface area contributed by atoms with E-state index in [-0.39, 0.29) is 11.5 Å². The Bertz CT molecular complexity index is 578. The maximum Gasteiger partial charge on any atom is 0.185 e. The number of nitrogens with zero attached hydrogens (tertiary/aromatic N) is 1. The van der Waals surface area contributed by atoms with Gasteiger partial charge in [-0.25, -0.2) is 0 Å². The number of nitriles is 1. The molecule has 0 saturated heterocycles. The highest BCUT2D eigenvalue weighted by Crippen LogP contribution is 2.26. The zero-order chi connectivity index (χ0) is 11.5. The van der Waals surface area contributed by atoms with Crippen molar-refractivity contribution >= 4 is 6.29 Å². The molecule has 1 aromatic carbocycles. The van der Waals surface area contributed by atoms with Crippen molar-refractivity contribution in [1.82, 2.24) is 0 Å². The Morgan fingerprint density at radius 2 is 2.12 bits per heavy atom. The quantitative estimate of drug-likeness (QED) is 0.777. The second-order valence-electron chi connectivity index (χ2n) is 3.20. The summed E-state index contributed by atoms with van der Waals surface area (Å²) in [5.41, 5.74) is 0.892. The van der Waals surface area contributed by atoms with Crippen molar-refractivity contribution in [1.29, 1.82) is 5.26 Å². The molecule has 0 atom stereocenters. The second-order valence-corrected chi connectivity index (χ2v) is 3.20. The van der Waals surface area contributed by atoms with E-state index in [0.29, 0.717) is 23.2 Å². The fourth-order valence-electron chi connectivity index (χ4n) is 1.39. The van der Waals surface area contributed by atoms with E-state index in [4.69, 9.17) is 9.68 Å². The first-order chi connectivity index (χ1) is 7.72. The van der Waals surface area contributed by atoms with Gasteiger partial charge >= 0.3 is 0 Å². The maximum atomic E-state index is 10.4. The lowest BCUT2D eigenvalue weighted by Gasteiger charge is -1.99. The molecular weight excluding hydrogens is 206 g/mol. The fraction of sp³-hybridized carbons (Fsp3) is 0. The molecule has 0 bridgehead atoms. The minimum absolute atomic E-state index is 0.0156. The zero-order valence-electron chi connectivity index (χ0n) is 8.18. The van der Waals surface area contributed by atoms with Crippen molar-refractivity contribution in [3.05, 3.63) is 41.7 Å². The van der Waals surface area contributed by atoms with Crippen molar-refractivity contribution in [3.8, 4) is 23.1 Å². The summed E-state index contributed by atoms with van der Waals surface area (Å²) in [5, 5.41) is 18.1. The van der Waals surface area contributed by atoms with Crippen LogP contribution in [0.4, 0.5) is 0 Å². The van der Waals surface area contributed by atoms with Crippen LogP contribution in [0, 0.1) is 11.3 Å². The first-order valence-corrected chi connectivity index (χ1v) is 4.52. The largest absolute Gasteiger partial charge is 0.508 e. The van der Waals surface area contributed by atoms with E-state index >= 15 is 0 Å². The van der Waals surface area contributed by atoms with Crippen LogP contribution in [0.15, 0.2) is 34.7 Å². The van der Waals surface area contributed by atoms with E-state index in [1.807, 2.05) is 6.07 Å². The molecule has 1 N–H and O–H groups in total. The van der Waals surface area contributed by atoms with Crippen LogP contribution < -0.4 is 0 Å². The minimum Gasteiger partial charge on any atom is -0.508 e. The number of aldehydes is 1. The van der Waals surface area contributed by atoms with Crippen LogP contribution in [0.1, 0.15) is 16.1 Å². The fourth-order valence-corrected chi connectivity index (χ4v) is 1.39. The first kappa shape index (κ1) is 9.99. The van der Waals surface area contributed by atoms with Crippen molar-refractivity contribution in [2.75, 3.05) is 0 Å². The topological polar surface area (TPSA) is 74.2 Å². The summed E-state index contributed by atoms with van der Waals surface area (Å²) < 4.78 is 5.18. The van der Waals surface area contributed by atoms with E-state index in [2.05, 4.69) is 0 Å². The van der Waals surface area contributed by atoms with E-state index in [1.54, 1.807) is 12.1 Å². The Kier molecular flexibility index (Phi) is 2.44. The van der Waals surface area contributed by atoms with Crippen molar-refractivity contribution in [2.24, 2.45) is 0 Å². The molecule has 1 heterocycles. The number of phenolic OH excluding ortho intramolecular Hbond substituents is 1. The number of rotatable bonds is 2. The maximum absolute atomic E-state index is 10.4. The Morgan fingerprint density at radius 3 is 2.75 bits per heavy atom. The number of carbonyl (C=O) groups is 1. The minimum atomic E-state index is -0.0156. The lowest BCUT2D eigenvalue weighted by Crippen LogP contribution is -1.79. The van der Waals surface area contributed by atoms with E-state index in [1.165, 1.54) is 18.2 Å². The van der Waals surface area contributed by atoms with Crippen LogP contribution in [0.5, 0.6) is 5.75 Å². The summed E-state index contributed by atoms with van der Waals surface area (Å²) in [6, 6.07) is 9.46. The number of carbonyl (C=O) groups excluding carboxylic acids is 1. The molecule has 0 spiro atoms. The number of aromatic hydroxyl groups is 1. The molecule has 2 aromatic rings. The highest BCUT2D eigenvalue weighted by atomic mass is 16.3. The predicted octanol–water partition coefficient (Wildman–Crippen LogP) is 2.34. The highest BCUT2D eigenvalue weighted by molar-refractivity contribution is 5.73. The molecule has 16 heavy (non-hydrogen) atoms. The molecule has 4 heteroatoms. The second kappa shape index (κ2) is 3.91. The van der Waals surface area contributed by atoms with Crippen LogP contribution in [-0.2, 0) is 0 Å². The predicted molar refractivity (Wildman–Crippen MR) is 55.9 cm³/mol. The summed E-state index contributed by atoms with van der Waals surface area (Å²) in [6.07, 6.45) is 0.595. The molecular formula is C12H7NO3. The Labute approximate surface area is 91.4 Å². The third-order valence-corrected chi connectivity index (χ3v) is 2.07. The molecule has 2 rings (SSSR count).